The van der Waals surface area contributed by atoms with Crippen LogP contribution < -0.4 is 11.5 Å². The number of aromatic nitrogens is 3. The van der Waals surface area contributed by atoms with Gasteiger partial charge in [-0.1, -0.05) is 42.5 Å². The molecule has 3 aromatic rings. The van der Waals surface area contributed by atoms with Gasteiger partial charge in [0, 0.05) is 16.9 Å². The Morgan fingerprint density at radius 1 is 0.773 bits per heavy atom. The maximum atomic E-state index is 6.11. The molecule has 4 N–H and O–H groups in total. The van der Waals surface area contributed by atoms with Gasteiger partial charge in [-0.25, -0.2) is 0 Å². The van der Waals surface area contributed by atoms with Crippen LogP contribution in [-0.2, 0) is 0 Å². The zero-order chi connectivity index (χ0) is 15.4. The Bertz CT molecular complexity index is 812. The lowest BCUT2D eigenvalue weighted by molar-refractivity contribution is 0.870. The number of hydrogen-bond donors (Lipinski definition) is 2. The minimum atomic E-state index is 0.642. The average Bonchev–Trinajstić information content (AvgIpc) is 2.55. The number of nitrogen functional groups attached to an aromatic ring is 2. The molecule has 0 fully saturated rings. The Morgan fingerprint density at radius 2 is 1.50 bits per heavy atom. The molecule has 0 saturated carbocycles. The standard InChI is InChI=1S/C17H15N5/c18-14-6-2-1-4-12(14)8-9-13-5-3-7-15(19)17(13)16-10-11-20-22-21-16/h1-11H,18-19H2/b9-8+. The molecule has 1 heterocycles. The average molecular weight is 289 g/mol. The van der Waals surface area contributed by atoms with Crippen LogP contribution in [0.4, 0.5) is 11.4 Å². The van der Waals surface area contributed by atoms with E-state index in [4.69, 9.17) is 11.5 Å². The van der Waals surface area contributed by atoms with Crippen molar-refractivity contribution in [2.24, 2.45) is 0 Å². The van der Waals surface area contributed by atoms with Gasteiger partial charge in [0.2, 0.25) is 0 Å². The van der Waals surface area contributed by atoms with E-state index in [0.29, 0.717) is 11.4 Å². The fourth-order valence-corrected chi connectivity index (χ4v) is 2.24. The molecule has 5 heteroatoms. The van der Waals surface area contributed by atoms with E-state index in [9.17, 15) is 0 Å². The monoisotopic (exact) mass is 289 g/mol. The van der Waals surface area contributed by atoms with E-state index in [0.717, 1.165) is 22.4 Å². The highest BCUT2D eigenvalue weighted by atomic mass is 15.3. The molecule has 22 heavy (non-hydrogen) atoms. The van der Waals surface area contributed by atoms with Crippen molar-refractivity contribution >= 4 is 23.5 Å². The lowest BCUT2D eigenvalue weighted by atomic mass is 10.0. The van der Waals surface area contributed by atoms with Gasteiger partial charge in [0.15, 0.2) is 0 Å². The molecule has 0 saturated heterocycles. The summed E-state index contributed by atoms with van der Waals surface area (Å²) >= 11 is 0. The summed E-state index contributed by atoms with van der Waals surface area (Å²) in [6.07, 6.45) is 5.53. The first-order valence-corrected chi connectivity index (χ1v) is 6.81. The summed E-state index contributed by atoms with van der Waals surface area (Å²) in [5.41, 5.74) is 16.9. The summed E-state index contributed by atoms with van der Waals surface area (Å²) in [7, 11) is 0. The highest BCUT2D eigenvalue weighted by Crippen LogP contribution is 2.29. The van der Waals surface area contributed by atoms with Crippen LogP contribution in [0.1, 0.15) is 11.1 Å². The lowest BCUT2D eigenvalue weighted by Gasteiger charge is -2.08. The molecular formula is C17H15N5. The van der Waals surface area contributed by atoms with E-state index in [1.54, 1.807) is 12.3 Å². The fraction of sp³-hybridized carbons (Fsp3) is 0. The molecule has 0 amide bonds. The lowest BCUT2D eigenvalue weighted by Crippen LogP contribution is -1.96. The molecule has 0 atom stereocenters. The molecule has 0 radical (unpaired) electrons. The summed E-state index contributed by atoms with van der Waals surface area (Å²) in [6.45, 7) is 0. The van der Waals surface area contributed by atoms with E-state index < -0.39 is 0 Å². The number of rotatable bonds is 3. The minimum Gasteiger partial charge on any atom is -0.398 e. The van der Waals surface area contributed by atoms with Crippen LogP contribution >= 0.6 is 0 Å². The molecule has 0 aliphatic heterocycles. The smallest absolute Gasteiger partial charge is 0.0990 e. The maximum absolute atomic E-state index is 6.11. The highest BCUT2D eigenvalue weighted by molar-refractivity contribution is 5.87. The molecule has 1 aromatic heterocycles. The molecule has 0 unspecified atom stereocenters. The van der Waals surface area contributed by atoms with Gasteiger partial charge in [0.25, 0.3) is 0 Å². The number of para-hydroxylation sites is 1. The highest BCUT2D eigenvalue weighted by Gasteiger charge is 2.08. The Labute approximate surface area is 128 Å². The first-order valence-electron chi connectivity index (χ1n) is 6.81. The molecule has 5 nitrogen and oxygen atoms in total. The minimum absolute atomic E-state index is 0.642. The topological polar surface area (TPSA) is 90.7 Å². The van der Waals surface area contributed by atoms with Gasteiger partial charge >= 0.3 is 0 Å². The van der Waals surface area contributed by atoms with E-state index in [1.165, 1.54) is 0 Å². The third-order valence-corrected chi connectivity index (χ3v) is 3.33. The van der Waals surface area contributed by atoms with Gasteiger partial charge < -0.3 is 11.5 Å². The Balaban J connectivity index is 2.05. The summed E-state index contributed by atoms with van der Waals surface area (Å²) in [5, 5.41) is 11.4. The van der Waals surface area contributed by atoms with Crippen LogP contribution in [0, 0.1) is 0 Å². The van der Waals surface area contributed by atoms with Crippen molar-refractivity contribution in [3.8, 4) is 11.3 Å². The zero-order valence-corrected chi connectivity index (χ0v) is 11.8. The molecular weight excluding hydrogens is 274 g/mol. The first-order chi connectivity index (χ1) is 10.8. The van der Waals surface area contributed by atoms with Crippen LogP contribution in [0.15, 0.2) is 54.7 Å². The Morgan fingerprint density at radius 3 is 2.27 bits per heavy atom. The van der Waals surface area contributed by atoms with Gasteiger partial charge in [-0.15, -0.1) is 10.2 Å². The third kappa shape index (κ3) is 2.78. The predicted octanol–water partition coefficient (Wildman–Crippen LogP) is 2.87. The van der Waals surface area contributed by atoms with Crippen molar-refractivity contribution in [1.82, 2.24) is 15.4 Å². The summed E-state index contributed by atoms with van der Waals surface area (Å²) in [6, 6.07) is 15.2. The predicted molar refractivity (Wildman–Crippen MR) is 89.5 cm³/mol. The molecule has 0 spiro atoms. The molecule has 0 aliphatic carbocycles. The second-order valence-electron chi connectivity index (χ2n) is 4.78. The van der Waals surface area contributed by atoms with E-state index >= 15 is 0 Å². The van der Waals surface area contributed by atoms with Gasteiger partial charge in [0.1, 0.15) is 0 Å². The largest absolute Gasteiger partial charge is 0.398 e. The quantitative estimate of drug-likeness (QED) is 0.571. The second kappa shape index (κ2) is 6.05. The maximum Gasteiger partial charge on any atom is 0.0990 e. The molecule has 0 bridgehead atoms. The van der Waals surface area contributed by atoms with Gasteiger partial charge in [0.05, 0.1) is 11.9 Å². The first kappa shape index (κ1) is 13.8. The second-order valence-corrected chi connectivity index (χ2v) is 4.78. The number of nitrogens with two attached hydrogens (primary N) is 2. The van der Waals surface area contributed by atoms with Crippen LogP contribution in [-0.4, -0.2) is 15.4 Å². The van der Waals surface area contributed by atoms with Crippen LogP contribution in [0.25, 0.3) is 23.4 Å². The van der Waals surface area contributed by atoms with Gasteiger partial charge in [-0.2, -0.15) is 0 Å². The number of hydrogen-bond acceptors (Lipinski definition) is 5. The zero-order valence-electron chi connectivity index (χ0n) is 11.8. The van der Waals surface area contributed by atoms with Crippen LogP contribution in [0.3, 0.4) is 0 Å². The van der Waals surface area contributed by atoms with Crippen molar-refractivity contribution in [1.29, 1.82) is 0 Å². The van der Waals surface area contributed by atoms with Crippen LogP contribution in [0.2, 0.25) is 0 Å². The summed E-state index contributed by atoms with van der Waals surface area (Å²) < 4.78 is 0. The number of benzene rings is 2. The third-order valence-electron chi connectivity index (χ3n) is 3.33. The van der Waals surface area contributed by atoms with Crippen molar-refractivity contribution in [3.63, 3.8) is 0 Å². The van der Waals surface area contributed by atoms with Crippen molar-refractivity contribution < 1.29 is 0 Å². The SMILES string of the molecule is Nc1ccccc1/C=C/c1cccc(N)c1-c1ccnnn1. The number of nitrogens with zero attached hydrogens (tertiary/aromatic N) is 3. The van der Waals surface area contributed by atoms with E-state index in [2.05, 4.69) is 15.4 Å². The van der Waals surface area contributed by atoms with Crippen molar-refractivity contribution in [3.05, 3.63) is 65.9 Å². The molecule has 2 aromatic carbocycles. The van der Waals surface area contributed by atoms with Gasteiger partial charge in [-0.05, 0) is 34.5 Å². The molecule has 0 aliphatic rings. The Hall–Kier alpha value is -3.21. The van der Waals surface area contributed by atoms with Crippen molar-refractivity contribution in [2.45, 2.75) is 0 Å². The van der Waals surface area contributed by atoms with Crippen LogP contribution in [0.5, 0.6) is 0 Å². The van der Waals surface area contributed by atoms with Gasteiger partial charge in [-0.3, -0.25) is 0 Å². The van der Waals surface area contributed by atoms with E-state index in [-0.39, 0.29) is 0 Å². The van der Waals surface area contributed by atoms with E-state index in [1.807, 2.05) is 54.6 Å². The number of anilines is 2. The Kier molecular flexibility index (Phi) is 3.78. The van der Waals surface area contributed by atoms with Crippen molar-refractivity contribution in [2.75, 3.05) is 11.5 Å². The molecule has 108 valence electrons. The molecule has 3 rings (SSSR count). The normalized spacial score (nSPS) is 10.9. The summed E-state index contributed by atoms with van der Waals surface area (Å²) in [4.78, 5) is 0. The summed E-state index contributed by atoms with van der Waals surface area (Å²) in [5.74, 6) is 0. The fourth-order valence-electron chi connectivity index (χ4n) is 2.24.